The summed E-state index contributed by atoms with van der Waals surface area (Å²) in [6.45, 7) is 6.82. The van der Waals surface area contributed by atoms with Gasteiger partial charge in [0.1, 0.15) is 0 Å². The summed E-state index contributed by atoms with van der Waals surface area (Å²) in [7, 11) is 0. The highest BCUT2D eigenvalue weighted by Gasteiger charge is 2.08. The molecule has 0 radical (unpaired) electrons. The average Bonchev–Trinajstić information content (AvgIpc) is 2.69. The number of rotatable bonds is 18. The Hall–Kier alpha value is -0.780. The van der Waals surface area contributed by atoms with Crippen LogP contribution >= 0.6 is 0 Å². The van der Waals surface area contributed by atoms with Gasteiger partial charge in [0.15, 0.2) is 0 Å². The summed E-state index contributed by atoms with van der Waals surface area (Å²) < 4.78 is 0. The molecular formula is C27H48. The lowest BCUT2D eigenvalue weighted by Gasteiger charge is -2.15. The molecule has 0 heterocycles. The summed E-state index contributed by atoms with van der Waals surface area (Å²) in [6, 6.07) is 9.22. The summed E-state index contributed by atoms with van der Waals surface area (Å²) in [5.74, 6) is 0.771. The van der Waals surface area contributed by atoms with Crippen LogP contribution in [0.25, 0.3) is 0 Å². The Balaban J connectivity index is 1.87. The number of aryl methyl sites for hydroxylation is 1. The lowest BCUT2D eigenvalue weighted by atomic mass is 9.90. The maximum Gasteiger partial charge on any atom is -0.0165 e. The van der Waals surface area contributed by atoms with Crippen molar-refractivity contribution in [2.75, 3.05) is 0 Å². The maximum atomic E-state index is 2.34. The van der Waals surface area contributed by atoms with Crippen LogP contribution in [0.5, 0.6) is 0 Å². The molecule has 0 aromatic heterocycles. The first-order chi connectivity index (χ1) is 13.3. The van der Waals surface area contributed by atoms with Gasteiger partial charge in [0, 0.05) is 0 Å². The molecule has 0 aliphatic rings. The van der Waals surface area contributed by atoms with Gasteiger partial charge in [-0.1, -0.05) is 140 Å². The molecule has 0 spiro atoms. The van der Waals surface area contributed by atoms with E-state index in [1.165, 1.54) is 115 Å². The molecule has 27 heavy (non-hydrogen) atoms. The van der Waals surface area contributed by atoms with Crippen LogP contribution in [0.1, 0.15) is 140 Å². The lowest BCUT2D eigenvalue weighted by molar-refractivity contribution is 0.512. The van der Waals surface area contributed by atoms with Crippen LogP contribution in [0.4, 0.5) is 0 Å². The minimum Gasteiger partial charge on any atom is -0.0654 e. The van der Waals surface area contributed by atoms with Gasteiger partial charge in [-0.15, -0.1) is 0 Å². The summed E-state index contributed by atoms with van der Waals surface area (Å²) in [4.78, 5) is 0. The fourth-order valence-corrected chi connectivity index (χ4v) is 4.21. The van der Waals surface area contributed by atoms with E-state index in [1.54, 1.807) is 5.56 Å². The average molecular weight is 373 g/mol. The summed E-state index contributed by atoms with van der Waals surface area (Å²) in [5.41, 5.74) is 2.93. The van der Waals surface area contributed by atoms with Crippen molar-refractivity contribution in [1.29, 1.82) is 0 Å². The second-order valence-corrected chi connectivity index (χ2v) is 8.75. The second kappa shape index (κ2) is 17.3. The Kier molecular flexibility index (Phi) is 15.6. The Morgan fingerprint density at radius 2 is 0.963 bits per heavy atom. The molecule has 1 atom stereocenters. The minimum absolute atomic E-state index is 0.771. The van der Waals surface area contributed by atoms with Crippen molar-refractivity contribution in [3.05, 3.63) is 35.4 Å². The molecule has 1 unspecified atom stereocenters. The van der Waals surface area contributed by atoms with Crippen molar-refractivity contribution in [2.45, 2.75) is 136 Å². The molecule has 0 aliphatic carbocycles. The molecule has 0 bridgehead atoms. The number of benzene rings is 1. The number of unbranched alkanes of at least 4 members (excludes halogenated alkanes) is 14. The highest BCUT2D eigenvalue weighted by atomic mass is 14.1. The lowest BCUT2D eigenvalue weighted by Crippen LogP contribution is -1.97. The fraction of sp³-hybridized carbons (Fsp3) is 0.778. The van der Waals surface area contributed by atoms with Crippen LogP contribution < -0.4 is 0 Å². The van der Waals surface area contributed by atoms with E-state index < -0.39 is 0 Å². The predicted octanol–water partition coefficient (Wildman–Crippen LogP) is 9.75. The van der Waals surface area contributed by atoms with Gasteiger partial charge in [-0.3, -0.25) is 0 Å². The third-order valence-electron chi connectivity index (χ3n) is 6.20. The van der Waals surface area contributed by atoms with Crippen LogP contribution in [0.2, 0.25) is 0 Å². The van der Waals surface area contributed by atoms with E-state index in [2.05, 4.69) is 45.0 Å². The van der Waals surface area contributed by atoms with Gasteiger partial charge in [-0.25, -0.2) is 0 Å². The van der Waals surface area contributed by atoms with E-state index in [-0.39, 0.29) is 0 Å². The number of hydrogen-bond donors (Lipinski definition) is 0. The highest BCUT2D eigenvalue weighted by molar-refractivity contribution is 5.24. The predicted molar refractivity (Wildman–Crippen MR) is 124 cm³/mol. The maximum absolute atomic E-state index is 2.34. The minimum atomic E-state index is 0.771. The largest absolute Gasteiger partial charge is 0.0654 e. The zero-order chi connectivity index (χ0) is 19.6. The van der Waals surface area contributed by atoms with Gasteiger partial charge in [-0.05, 0) is 31.2 Å². The van der Waals surface area contributed by atoms with Crippen LogP contribution in [0, 0.1) is 6.92 Å². The van der Waals surface area contributed by atoms with E-state index in [0.29, 0.717) is 0 Å². The van der Waals surface area contributed by atoms with Crippen LogP contribution in [-0.2, 0) is 0 Å². The van der Waals surface area contributed by atoms with Crippen LogP contribution in [-0.4, -0.2) is 0 Å². The Morgan fingerprint density at radius 1 is 0.556 bits per heavy atom. The molecule has 0 amide bonds. The molecule has 0 fully saturated rings. The highest BCUT2D eigenvalue weighted by Crippen LogP contribution is 2.26. The van der Waals surface area contributed by atoms with Crippen LogP contribution in [0.3, 0.4) is 0 Å². The van der Waals surface area contributed by atoms with Gasteiger partial charge in [-0.2, -0.15) is 0 Å². The smallest absolute Gasteiger partial charge is 0.0165 e. The zero-order valence-corrected chi connectivity index (χ0v) is 18.9. The molecule has 0 aliphatic heterocycles. The molecule has 0 N–H and O–H groups in total. The van der Waals surface area contributed by atoms with Crippen molar-refractivity contribution in [2.24, 2.45) is 0 Å². The van der Waals surface area contributed by atoms with Crippen molar-refractivity contribution < 1.29 is 0 Å². The normalized spacial score (nSPS) is 12.4. The van der Waals surface area contributed by atoms with E-state index in [0.717, 1.165) is 5.92 Å². The quantitative estimate of drug-likeness (QED) is 0.225. The molecule has 1 aromatic rings. The molecule has 0 nitrogen and oxygen atoms in total. The first kappa shape index (κ1) is 24.3. The molecule has 1 rings (SSSR count). The van der Waals surface area contributed by atoms with E-state index in [4.69, 9.17) is 0 Å². The third-order valence-corrected chi connectivity index (χ3v) is 6.20. The first-order valence-electron chi connectivity index (χ1n) is 12.3. The summed E-state index contributed by atoms with van der Waals surface area (Å²) in [5, 5.41) is 0. The first-order valence-corrected chi connectivity index (χ1v) is 12.3. The van der Waals surface area contributed by atoms with Crippen molar-refractivity contribution in [3.8, 4) is 0 Å². The SMILES string of the molecule is CCCCCCCCCCCCCCCCCC(CC)c1ccc(C)cc1. The topological polar surface area (TPSA) is 0 Å². The van der Waals surface area contributed by atoms with Gasteiger partial charge in [0.05, 0.1) is 0 Å². The van der Waals surface area contributed by atoms with Gasteiger partial charge in [0.25, 0.3) is 0 Å². The monoisotopic (exact) mass is 372 g/mol. The van der Waals surface area contributed by atoms with Gasteiger partial charge >= 0.3 is 0 Å². The molecule has 0 heteroatoms. The summed E-state index contributed by atoms with van der Waals surface area (Å²) in [6.07, 6.45) is 24.4. The Labute approximate surface area is 171 Å². The van der Waals surface area contributed by atoms with Gasteiger partial charge in [0.2, 0.25) is 0 Å². The molecule has 0 saturated heterocycles. The number of hydrogen-bond acceptors (Lipinski definition) is 0. The van der Waals surface area contributed by atoms with Crippen molar-refractivity contribution in [1.82, 2.24) is 0 Å². The van der Waals surface area contributed by atoms with Crippen LogP contribution in [0.15, 0.2) is 24.3 Å². The third kappa shape index (κ3) is 13.1. The van der Waals surface area contributed by atoms with Crippen molar-refractivity contribution in [3.63, 3.8) is 0 Å². The van der Waals surface area contributed by atoms with E-state index in [1.807, 2.05) is 0 Å². The molecule has 0 saturated carbocycles. The fourth-order valence-electron chi connectivity index (χ4n) is 4.21. The van der Waals surface area contributed by atoms with E-state index >= 15 is 0 Å². The molecule has 1 aromatic carbocycles. The Morgan fingerprint density at radius 3 is 1.37 bits per heavy atom. The van der Waals surface area contributed by atoms with Crippen molar-refractivity contribution >= 4 is 0 Å². The molecule has 156 valence electrons. The zero-order valence-electron chi connectivity index (χ0n) is 18.9. The Bertz CT molecular complexity index is 416. The summed E-state index contributed by atoms with van der Waals surface area (Å²) >= 11 is 0. The molecular weight excluding hydrogens is 324 g/mol. The van der Waals surface area contributed by atoms with Gasteiger partial charge < -0.3 is 0 Å². The standard InChI is InChI=1S/C27H48/c1-4-6-7-8-9-10-11-12-13-14-15-16-17-18-19-20-26(5-2)27-23-21-25(3)22-24-27/h21-24,26H,4-20H2,1-3H3. The second-order valence-electron chi connectivity index (χ2n) is 8.75. The van der Waals surface area contributed by atoms with E-state index in [9.17, 15) is 0 Å².